The zero-order chi connectivity index (χ0) is 14.8. The SMILES string of the molecule is CC1CN(C(=O)C23CC4CC(CC(C)(C4)C2)C3)CCC1=O. The lowest BCUT2D eigenvalue weighted by atomic mass is 9.44. The minimum atomic E-state index is -0.0705. The van der Waals surface area contributed by atoms with Gasteiger partial charge in [0.15, 0.2) is 0 Å². The summed E-state index contributed by atoms with van der Waals surface area (Å²) in [7, 11) is 0. The highest BCUT2D eigenvalue weighted by Crippen LogP contribution is 2.65. The smallest absolute Gasteiger partial charge is 0.228 e. The highest BCUT2D eigenvalue weighted by molar-refractivity contribution is 5.87. The monoisotopic (exact) mass is 289 g/mol. The van der Waals surface area contributed by atoms with E-state index < -0.39 is 0 Å². The van der Waals surface area contributed by atoms with Gasteiger partial charge in [-0.25, -0.2) is 0 Å². The van der Waals surface area contributed by atoms with E-state index in [1.807, 2.05) is 11.8 Å². The number of nitrogens with zero attached hydrogens (tertiary/aromatic N) is 1. The highest BCUT2D eigenvalue weighted by Gasteiger charge is 2.59. The van der Waals surface area contributed by atoms with Gasteiger partial charge < -0.3 is 4.90 Å². The molecule has 5 aliphatic rings. The molecule has 4 aliphatic carbocycles. The quantitative estimate of drug-likeness (QED) is 0.744. The van der Waals surface area contributed by atoms with Crippen LogP contribution in [0.5, 0.6) is 0 Å². The maximum Gasteiger partial charge on any atom is 0.228 e. The van der Waals surface area contributed by atoms with E-state index in [-0.39, 0.29) is 11.3 Å². The van der Waals surface area contributed by atoms with Gasteiger partial charge in [0.2, 0.25) is 5.91 Å². The molecule has 0 radical (unpaired) electrons. The van der Waals surface area contributed by atoms with Crippen LogP contribution < -0.4 is 0 Å². The van der Waals surface area contributed by atoms with Crippen LogP contribution in [0.4, 0.5) is 0 Å². The molecule has 4 bridgehead atoms. The van der Waals surface area contributed by atoms with Crippen molar-refractivity contribution in [1.82, 2.24) is 4.90 Å². The van der Waals surface area contributed by atoms with Gasteiger partial charge >= 0.3 is 0 Å². The molecule has 0 N–H and O–H groups in total. The maximum atomic E-state index is 13.3. The van der Waals surface area contributed by atoms with E-state index in [0.717, 1.165) is 31.1 Å². The molecule has 3 nitrogen and oxygen atoms in total. The van der Waals surface area contributed by atoms with Crippen LogP contribution in [0.15, 0.2) is 0 Å². The minimum absolute atomic E-state index is 0.0344. The largest absolute Gasteiger partial charge is 0.341 e. The minimum Gasteiger partial charge on any atom is -0.341 e. The average molecular weight is 289 g/mol. The molecule has 3 unspecified atom stereocenters. The summed E-state index contributed by atoms with van der Waals surface area (Å²) in [4.78, 5) is 27.0. The van der Waals surface area contributed by atoms with Crippen LogP contribution >= 0.6 is 0 Å². The maximum absolute atomic E-state index is 13.3. The summed E-state index contributed by atoms with van der Waals surface area (Å²) < 4.78 is 0. The van der Waals surface area contributed by atoms with Crippen molar-refractivity contribution in [2.45, 2.75) is 58.8 Å². The van der Waals surface area contributed by atoms with E-state index in [2.05, 4.69) is 6.92 Å². The number of hydrogen-bond acceptors (Lipinski definition) is 2. The molecule has 1 saturated heterocycles. The van der Waals surface area contributed by atoms with Crippen molar-refractivity contribution in [3.05, 3.63) is 0 Å². The molecule has 0 aromatic heterocycles. The van der Waals surface area contributed by atoms with Gasteiger partial charge in [-0.05, 0) is 55.8 Å². The van der Waals surface area contributed by atoms with Crippen molar-refractivity contribution < 1.29 is 9.59 Å². The van der Waals surface area contributed by atoms with Crippen LogP contribution in [-0.2, 0) is 9.59 Å². The second kappa shape index (κ2) is 4.33. The molecule has 0 aromatic rings. The standard InChI is InChI=1S/C18H27NO2/c1-12-10-19(4-3-15(12)20)16(21)18-8-13-5-14(9-18)7-17(2,6-13)11-18/h12-14H,3-11H2,1-2H3. The Morgan fingerprint density at radius 3 is 2.43 bits per heavy atom. The molecule has 1 amide bonds. The summed E-state index contributed by atoms with van der Waals surface area (Å²) in [6.07, 6.45) is 7.95. The Kier molecular flexibility index (Phi) is 2.84. The fourth-order valence-electron chi connectivity index (χ4n) is 6.51. The number of carbonyl (C=O) groups excluding carboxylic acids is 2. The van der Waals surface area contributed by atoms with Crippen molar-refractivity contribution in [3.8, 4) is 0 Å². The molecule has 0 spiro atoms. The van der Waals surface area contributed by atoms with Crippen LogP contribution in [0, 0.1) is 28.6 Å². The fraction of sp³-hybridized carbons (Fsp3) is 0.889. The van der Waals surface area contributed by atoms with Crippen LogP contribution in [0.1, 0.15) is 58.8 Å². The molecule has 4 saturated carbocycles. The Morgan fingerprint density at radius 1 is 1.19 bits per heavy atom. The predicted molar refractivity (Wildman–Crippen MR) is 80.6 cm³/mol. The third kappa shape index (κ3) is 2.07. The molecule has 116 valence electrons. The molecule has 1 heterocycles. The Hall–Kier alpha value is -0.860. The second-order valence-electron chi connectivity index (χ2n) is 8.92. The average Bonchev–Trinajstić information content (AvgIpc) is 2.38. The Balaban J connectivity index is 1.58. The Bertz CT molecular complexity index is 483. The zero-order valence-electron chi connectivity index (χ0n) is 13.4. The van der Waals surface area contributed by atoms with E-state index in [1.54, 1.807) is 0 Å². The molecule has 0 aromatic carbocycles. The summed E-state index contributed by atoms with van der Waals surface area (Å²) in [6.45, 7) is 5.71. The van der Waals surface area contributed by atoms with Crippen molar-refractivity contribution in [2.24, 2.45) is 28.6 Å². The van der Waals surface area contributed by atoms with E-state index >= 15 is 0 Å². The van der Waals surface area contributed by atoms with Crippen LogP contribution in [0.25, 0.3) is 0 Å². The topological polar surface area (TPSA) is 37.4 Å². The Morgan fingerprint density at radius 2 is 1.86 bits per heavy atom. The summed E-state index contributed by atoms with van der Waals surface area (Å²) in [6, 6.07) is 0. The summed E-state index contributed by atoms with van der Waals surface area (Å²) >= 11 is 0. The van der Waals surface area contributed by atoms with Gasteiger partial charge in [-0.15, -0.1) is 0 Å². The summed E-state index contributed by atoms with van der Waals surface area (Å²) in [5.41, 5.74) is 0.343. The van der Waals surface area contributed by atoms with Gasteiger partial charge in [0.1, 0.15) is 5.78 Å². The highest BCUT2D eigenvalue weighted by atomic mass is 16.2. The lowest BCUT2D eigenvalue weighted by molar-refractivity contribution is -0.168. The van der Waals surface area contributed by atoms with Gasteiger partial charge in [0, 0.05) is 25.4 Å². The van der Waals surface area contributed by atoms with Gasteiger partial charge in [-0.2, -0.15) is 0 Å². The third-order valence-electron chi connectivity index (χ3n) is 6.77. The van der Waals surface area contributed by atoms with Gasteiger partial charge in [0.25, 0.3) is 0 Å². The molecule has 3 heteroatoms. The van der Waals surface area contributed by atoms with Crippen molar-refractivity contribution in [3.63, 3.8) is 0 Å². The number of Topliss-reactive ketones (excluding diaryl/α,β-unsaturated/α-hetero) is 1. The molecule has 21 heavy (non-hydrogen) atoms. The van der Waals surface area contributed by atoms with E-state index in [1.165, 1.54) is 19.3 Å². The van der Waals surface area contributed by atoms with Crippen molar-refractivity contribution in [1.29, 1.82) is 0 Å². The fourth-order valence-corrected chi connectivity index (χ4v) is 6.51. The lowest BCUT2D eigenvalue weighted by Gasteiger charge is -2.61. The van der Waals surface area contributed by atoms with Crippen molar-refractivity contribution in [2.75, 3.05) is 13.1 Å². The normalized spacial score (nSPS) is 48.8. The van der Waals surface area contributed by atoms with Gasteiger partial charge in [0.05, 0.1) is 5.41 Å². The summed E-state index contributed by atoms with van der Waals surface area (Å²) in [5, 5.41) is 0. The van der Waals surface area contributed by atoms with Crippen LogP contribution in [0.3, 0.4) is 0 Å². The van der Waals surface area contributed by atoms with Gasteiger partial charge in [-0.1, -0.05) is 13.8 Å². The number of carbonyl (C=O) groups is 2. The lowest BCUT2D eigenvalue weighted by Crippen LogP contribution is -2.59. The molecule has 3 atom stereocenters. The van der Waals surface area contributed by atoms with E-state index in [4.69, 9.17) is 0 Å². The van der Waals surface area contributed by atoms with Gasteiger partial charge in [-0.3, -0.25) is 9.59 Å². The van der Waals surface area contributed by atoms with E-state index in [9.17, 15) is 9.59 Å². The number of likely N-dealkylation sites (tertiary alicyclic amines) is 1. The van der Waals surface area contributed by atoms with Crippen molar-refractivity contribution >= 4 is 11.7 Å². The molecule has 5 fully saturated rings. The number of rotatable bonds is 1. The Labute approximate surface area is 127 Å². The first kappa shape index (κ1) is 13.8. The first-order chi connectivity index (χ1) is 9.89. The summed E-state index contributed by atoms with van der Waals surface area (Å²) in [5.74, 6) is 2.32. The number of amides is 1. The predicted octanol–water partition coefficient (Wildman–Crippen LogP) is 3.03. The number of ketones is 1. The number of hydrogen-bond donors (Lipinski definition) is 0. The second-order valence-corrected chi connectivity index (χ2v) is 8.92. The molecular weight excluding hydrogens is 262 g/mol. The molecular formula is C18H27NO2. The first-order valence-corrected chi connectivity index (χ1v) is 8.71. The zero-order valence-corrected chi connectivity index (χ0v) is 13.4. The van der Waals surface area contributed by atoms with E-state index in [0.29, 0.717) is 36.6 Å². The first-order valence-electron chi connectivity index (χ1n) is 8.71. The molecule has 1 aliphatic heterocycles. The third-order valence-corrected chi connectivity index (χ3v) is 6.77. The molecule has 5 rings (SSSR count). The number of piperidine rings is 1. The van der Waals surface area contributed by atoms with Crippen LogP contribution in [0.2, 0.25) is 0 Å². The van der Waals surface area contributed by atoms with Crippen LogP contribution in [-0.4, -0.2) is 29.7 Å².